The quantitative estimate of drug-likeness (QED) is 0.478. The van der Waals surface area contributed by atoms with Gasteiger partial charge in [-0.3, -0.25) is 4.72 Å². The molecule has 1 aromatic heterocycles. The first kappa shape index (κ1) is 15.9. The lowest BCUT2D eigenvalue weighted by molar-refractivity contribution is 0.602. The second-order valence-corrected chi connectivity index (χ2v) is 7.60. The molecule has 1 heterocycles. The molecule has 0 unspecified atom stereocenters. The Balaban J connectivity index is 1.88. The van der Waals surface area contributed by atoms with Crippen LogP contribution in [0.5, 0.6) is 0 Å². The third-order valence-electron chi connectivity index (χ3n) is 2.50. The maximum Gasteiger partial charge on any atom is 0.233 e. The van der Waals surface area contributed by atoms with Crippen LogP contribution in [0.25, 0.3) is 0 Å². The zero-order valence-electron chi connectivity index (χ0n) is 11.0. The van der Waals surface area contributed by atoms with Gasteiger partial charge in [0.15, 0.2) is 0 Å². The first-order valence-electron chi connectivity index (χ1n) is 6.05. The molecule has 0 aliphatic rings. The van der Waals surface area contributed by atoms with E-state index in [1.165, 1.54) is 24.0 Å². The van der Waals surface area contributed by atoms with Crippen LogP contribution in [0.15, 0.2) is 47.5 Å². The van der Waals surface area contributed by atoms with E-state index in [9.17, 15) is 8.42 Å². The summed E-state index contributed by atoms with van der Waals surface area (Å²) >= 11 is 7.17. The lowest BCUT2D eigenvalue weighted by atomic mass is 10.3. The van der Waals surface area contributed by atoms with E-state index in [-0.39, 0.29) is 10.9 Å². The molecule has 0 aliphatic carbocycles. The van der Waals surface area contributed by atoms with Gasteiger partial charge in [0.1, 0.15) is 5.15 Å². The second-order valence-electron chi connectivity index (χ2n) is 4.21. The number of nitrogens with zero attached hydrogens (tertiary/aromatic N) is 1. The summed E-state index contributed by atoms with van der Waals surface area (Å²) in [6.45, 7) is 0. The van der Waals surface area contributed by atoms with Crippen molar-refractivity contribution in [2.45, 2.75) is 4.90 Å². The smallest absolute Gasteiger partial charge is 0.233 e. The number of anilines is 2. The average molecular weight is 344 g/mol. The topological polar surface area (TPSA) is 85.1 Å². The summed E-state index contributed by atoms with van der Waals surface area (Å²) in [5.74, 6) is 0.444. The Hall–Kier alpha value is -1.44. The molecule has 112 valence electrons. The van der Waals surface area contributed by atoms with Gasteiger partial charge in [0, 0.05) is 22.5 Å². The molecule has 3 N–H and O–H groups in total. The number of pyridine rings is 1. The minimum atomic E-state index is -3.41. The molecule has 0 spiro atoms. The molecular weight excluding hydrogens is 330 g/mol. The van der Waals surface area contributed by atoms with Crippen molar-refractivity contribution < 1.29 is 8.42 Å². The highest BCUT2D eigenvalue weighted by Gasteiger charge is 2.11. The zero-order valence-corrected chi connectivity index (χ0v) is 13.4. The predicted octanol–water partition coefficient (Wildman–Crippen LogP) is 2.85. The summed E-state index contributed by atoms with van der Waals surface area (Å²) in [7, 11) is -3.41. The highest BCUT2D eigenvalue weighted by Crippen LogP contribution is 2.20. The third-order valence-corrected chi connectivity index (χ3v) is 5.27. The number of nitrogen functional groups attached to an aromatic ring is 1. The van der Waals surface area contributed by atoms with Crippen molar-refractivity contribution in [2.75, 3.05) is 22.0 Å². The summed E-state index contributed by atoms with van der Waals surface area (Å²) < 4.78 is 26.4. The highest BCUT2D eigenvalue weighted by atomic mass is 35.5. The van der Waals surface area contributed by atoms with Crippen molar-refractivity contribution in [2.24, 2.45) is 0 Å². The van der Waals surface area contributed by atoms with Crippen molar-refractivity contribution in [3.05, 3.63) is 47.7 Å². The van der Waals surface area contributed by atoms with Gasteiger partial charge in [-0.15, -0.1) is 11.8 Å². The molecule has 21 heavy (non-hydrogen) atoms. The summed E-state index contributed by atoms with van der Waals surface area (Å²) in [5, 5.41) is 0.242. The van der Waals surface area contributed by atoms with E-state index in [2.05, 4.69) is 9.71 Å². The van der Waals surface area contributed by atoms with Gasteiger partial charge in [-0.25, -0.2) is 13.4 Å². The lowest BCUT2D eigenvalue weighted by Crippen LogP contribution is -2.18. The van der Waals surface area contributed by atoms with Crippen LogP contribution in [0, 0.1) is 0 Å². The second kappa shape index (κ2) is 7.02. The molecule has 0 fully saturated rings. The van der Waals surface area contributed by atoms with Crippen LogP contribution in [0.3, 0.4) is 0 Å². The van der Waals surface area contributed by atoms with Gasteiger partial charge in [-0.05, 0) is 36.4 Å². The standard InChI is InChI=1S/C13H14ClN3O2S2/c14-13-9-11(5-6-16-13)17-21(18,19)8-7-20-12-3-1-10(15)2-4-12/h1-6,9H,7-8,15H2,(H,16,17). The summed E-state index contributed by atoms with van der Waals surface area (Å²) in [4.78, 5) is 4.77. The largest absolute Gasteiger partial charge is 0.399 e. The van der Waals surface area contributed by atoms with Gasteiger partial charge in [-0.1, -0.05) is 11.6 Å². The molecule has 2 aromatic rings. The number of halogens is 1. The highest BCUT2D eigenvalue weighted by molar-refractivity contribution is 8.01. The maximum atomic E-state index is 11.9. The summed E-state index contributed by atoms with van der Waals surface area (Å²) in [6.07, 6.45) is 1.45. The fraction of sp³-hybridized carbons (Fsp3) is 0.154. The van der Waals surface area contributed by atoms with E-state index in [0.717, 1.165) is 4.90 Å². The zero-order chi connectivity index (χ0) is 15.3. The summed E-state index contributed by atoms with van der Waals surface area (Å²) in [6, 6.07) is 10.3. The predicted molar refractivity (Wildman–Crippen MR) is 88.2 cm³/mol. The Bertz CT molecular complexity index is 706. The van der Waals surface area contributed by atoms with Crippen molar-refractivity contribution >= 4 is 44.8 Å². The van der Waals surface area contributed by atoms with Crippen LogP contribution in [-0.4, -0.2) is 24.9 Å². The Morgan fingerprint density at radius 1 is 1.24 bits per heavy atom. The van der Waals surface area contributed by atoms with E-state index < -0.39 is 10.0 Å². The van der Waals surface area contributed by atoms with Crippen molar-refractivity contribution in [3.63, 3.8) is 0 Å². The molecule has 0 bridgehead atoms. The van der Waals surface area contributed by atoms with E-state index in [1.54, 1.807) is 18.2 Å². The van der Waals surface area contributed by atoms with E-state index in [0.29, 0.717) is 17.1 Å². The number of rotatable bonds is 6. The number of sulfonamides is 1. The van der Waals surface area contributed by atoms with E-state index in [4.69, 9.17) is 17.3 Å². The first-order chi connectivity index (χ1) is 9.94. The SMILES string of the molecule is Nc1ccc(SCCS(=O)(=O)Nc2ccnc(Cl)c2)cc1. The molecule has 2 rings (SSSR count). The van der Waals surface area contributed by atoms with Crippen LogP contribution in [-0.2, 0) is 10.0 Å². The van der Waals surface area contributed by atoms with Crippen LogP contribution >= 0.6 is 23.4 Å². The van der Waals surface area contributed by atoms with E-state index >= 15 is 0 Å². The average Bonchev–Trinajstić information content (AvgIpc) is 2.40. The van der Waals surface area contributed by atoms with Gasteiger partial charge < -0.3 is 5.73 Å². The van der Waals surface area contributed by atoms with Crippen LogP contribution in [0.2, 0.25) is 5.15 Å². The molecule has 0 radical (unpaired) electrons. The molecule has 0 saturated heterocycles. The molecule has 0 aliphatic heterocycles. The number of hydrogen-bond acceptors (Lipinski definition) is 5. The number of nitrogens with one attached hydrogen (secondary N) is 1. The Labute approximate surface area is 133 Å². The maximum absolute atomic E-state index is 11.9. The molecule has 1 aromatic carbocycles. The van der Waals surface area contributed by atoms with Crippen molar-refractivity contribution in [1.29, 1.82) is 0 Å². The minimum absolute atomic E-state index is 0.00197. The molecule has 0 amide bonds. The fourth-order valence-electron chi connectivity index (χ4n) is 1.53. The number of nitrogens with two attached hydrogens (primary N) is 1. The van der Waals surface area contributed by atoms with Gasteiger partial charge >= 0.3 is 0 Å². The first-order valence-corrected chi connectivity index (χ1v) is 9.06. The minimum Gasteiger partial charge on any atom is -0.399 e. The van der Waals surface area contributed by atoms with Gasteiger partial charge in [0.05, 0.1) is 11.4 Å². The molecule has 8 heteroatoms. The van der Waals surface area contributed by atoms with Crippen LogP contribution < -0.4 is 10.5 Å². The number of aromatic nitrogens is 1. The Morgan fingerprint density at radius 2 is 1.95 bits per heavy atom. The summed E-state index contributed by atoms with van der Waals surface area (Å²) in [5.41, 5.74) is 6.68. The van der Waals surface area contributed by atoms with Crippen molar-refractivity contribution in [1.82, 2.24) is 4.98 Å². The molecule has 5 nitrogen and oxygen atoms in total. The van der Waals surface area contributed by atoms with Gasteiger partial charge in [-0.2, -0.15) is 0 Å². The van der Waals surface area contributed by atoms with Crippen molar-refractivity contribution in [3.8, 4) is 0 Å². The Kier molecular flexibility index (Phi) is 5.33. The number of thioether (sulfide) groups is 1. The van der Waals surface area contributed by atoms with Crippen LogP contribution in [0.4, 0.5) is 11.4 Å². The lowest BCUT2D eigenvalue weighted by Gasteiger charge is -2.08. The normalized spacial score (nSPS) is 11.3. The van der Waals surface area contributed by atoms with Gasteiger partial charge in [0.2, 0.25) is 10.0 Å². The number of hydrogen-bond donors (Lipinski definition) is 2. The molecule has 0 atom stereocenters. The third kappa shape index (κ3) is 5.45. The monoisotopic (exact) mass is 343 g/mol. The fourth-order valence-corrected chi connectivity index (χ4v) is 4.07. The van der Waals surface area contributed by atoms with E-state index in [1.807, 2.05) is 12.1 Å². The van der Waals surface area contributed by atoms with Gasteiger partial charge in [0.25, 0.3) is 0 Å². The Morgan fingerprint density at radius 3 is 2.62 bits per heavy atom. The molecular formula is C13H14ClN3O2S2. The van der Waals surface area contributed by atoms with Crippen LogP contribution in [0.1, 0.15) is 0 Å². The number of benzene rings is 1. The molecule has 0 saturated carbocycles.